The predicted octanol–water partition coefficient (Wildman–Crippen LogP) is 3.72. The Hall–Kier alpha value is -1.67. The van der Waals surface area contributed by atoms with E-state index < -0.39 is 0 Å². The fourth-order valence-electron chi connectivity index (χ4n) is 2.39. The summed E-state index contributed by atoms with van der Waals surface area (Å²) in [7, 11) is 0. The van der Waals surface area contributed by atoms with E-state index in [1.165, 1.54) is 17.5 Å². The third kappa shape index (κ3) is 4.46. The maximum Gasteiger partial charge on any atom is 0.0372 e. The van der Waals surface area contributed by atoms with Gasteiger partial charge in [0.05, 0.1) is 0 Å². The van der Waals surface area contributed by atoms with Crippen LogP contribution < -0.4 is 5.32 Å². The number of hydrogen-bond donors (Lipinski definition) is 1. The molecule has 1 aromatic heterocycles. The van der Waals surface area contributed by atoms with Gasteiger partial charge in [-0.3, -0.25) is 4.98 Å². The Morgan fingerprint density at radius 1 is 1.10 bits per heavy atom. The molecule has 1 unspecified atom stereocenters. The molecule has 1 atom stereocenters. The lowest BCUT2D eigenvalue weighted by Gasteiger charge is -2.18. The van der Waals surface area contributed by atoms with Gasteiger partial charge in [0.15, 0.2) is 0 Å². The summed E-state index contributed by atoms with van der Waals surface area (Å²) in [4.78, 5) is 4.40. The second-order valence-corrected chi connectivity index (χ2v) is 5.32. The molecule has 1 heterocycles. The van der Waals surface area contributed by atoms with E-state index in [9.17, 15) is 0 Å². The number of pyridine rings is 1. The number of aryl methyl sites for hydroxylation is 1. The number of hydrogen-bond acceptors (Lipinski definition) is 2. The smallest absolute Gasteiger partial charge is 0.0372 e. The normalized spacial score (nSPS) is 12.3. The lowest BCUT2D eigenvalue weighted by molar-refractivity contribution is 0.576. The van der Waals surface area contributed by atoms with E-state index in [1.807, 2.05) is 13.1 Å². The van der Waals surface area contributed by atoms with E-state index in [2.05, 4.69) is 59.7 Å². The van der Waals surface area contributed by atoms with Gasteiger partial charge in [-0.25, -0.2) is 0 Å². The zero-order chi connectivity index (χ0) is 14.2. The van der Waals surface area contributed by atoms with Crippen molar-refractivity contribution < 1.29 is 0 Å². The summed E-state index contributed by atoms with van der Waals surface area (Å²) in [5, 5.41) is 3.54. The van der Waals surface area contributed by atoms with Crippen molar-refractivity contribution in [3.05, 3.63) is 65.5 Å². The molecule has 0 aliphatic heterocycles. The van der Waals surface area contributed by atoms with Crippen LogP contribution in [0.2, 0.25) is 0 Å². The van der Waals surface area contributed by atoms with E-state index in [0.29, 0.717) is 5.92 Å². The second-order valence-electron chi connectivity index (χ2n) is 5.32. The molecule has 20 heavy (non-hydrogen) atoms. The van der Waals surface area contributed by atoms with Crippen molar-refractivity contribution in [3.63, 3.8) is 0 Å². The fraction of sp³-hybridized carbons (Fsp3) is 0.389. The van der Waals surface area contributed by atoms with Crippen molar-refractivity contribution in [1.82, 2.24) is 10.3 Å². The van der Waals surface area contributed by atoms with Gasteiger partial charge in [0.2, 0.25) is 0 Å². The molecule has 2 aromatic rings. The first-order valence-electron chi connectivity index (χ1n) is 7.46. The molecule has 2 nitrogen and oxygen atoms in total. The summed E-state index contributed by atoms with van der Waals surface area (Å²) < 4.78 is 0. The first kappa shape index (κ1) is 14.7. The molecule has 0 saturated carbocycles. The molecule has 0 radical (unpaired) electrons. The maximum absolute atomic E-state index is 4.40. The molecule has 0 aliphatic rings. The standard InChI is InChI=1S/C18H24N2/c1-3-11-19-14-18(17-7-5-4-6-8-17)12-16-10-9-15(2)20-13-16/h4-10,13,18-19H,3,11-12,14H2,1-2H3. The summed E-state index contributed by atoms with van der Waals surface area (Å²) >= 11 is 0. The second kappa shape index (κ2) is 7.81. The molecule has 0 fully saturated rings. The minimum absolute atomic E-state index is 0.507. The molecule has 2 heteroatoms. The van der Waals surface area contributed by atoms with Gasteiger partial charge in [0.25, 0.3) is 0 Å². The van der Waals surface area contributed by atoms with E-state index in [0.717, 1.165) is 25.2 Å². The molecular formula is C18H24N2. The van der Waals surface area contributed by atoms with Gasteiger partial charge in [-0.05, 0) is 43.5 Å². The van der Waals surface area contributed by atoms with Crippen molar-refractivity contribution in [2.45, 2.75) is 32.6 Å². The van der Waals surface area contributed by atoms with Crippen LogP contribution in [0.15, 0.2) is 48.7 Å². The van der Waals surface area contributed by atoms with Crippen LogP contribution >= 0.6 is 0 Å². The van der Waals surface area contributed by atoms with E-state index >= 15 is 0 Å². The van der Waals surface area contributed by atoms with Crippen molar-refractivity contribution in [2.24, 2.45) is 0 Å². The molecule has 0 bridgehead atoms. The lowest BCUT2D eigenvalue weighted by atomic mass is 9.92. The summed E-state index contributed by atoms with van der Waals surface area (Å²) in [5.41, 5.74) is 3.79. The molecule has 0 aliphatic carbocycles. The van der Waals surface area contributed by atoms with Gasteiger partial charge in [-0.2, -0.15) is 0 Å². The first-order chi connectivity index (χ1) is 9.79. The van der Waals surface area contributed by atoms with Crippen LogP contribution in [0.1, 0.15) is 36.1 Å². The van der Waals surface area contributed by atoms with Crippen molar-refractivity contribution in [1.29, 1.82) is 0 Å². The minimum atomic E-state index is 0.507. The topological polar surface area (TPSA) is 24.9 Å². The molecule has 1 aromatic carbocycles. The van der Waals surface area contributed by atoms with E-state index in [4.69, 9.17) is 0 Å². The van der Waals surface area contributed by atoms with Crippen LogP contribution in [-0.2, 0) is 6.42 Å². The molecular weight excluding hydrogens is 244 g/mol. The van der Waals surface area contributed by atoms with Crippen molar-refractivity contribution >= 4 is 0 Å². The molecule has 0 spiro atoms. The Bertz CT molecular complexity index is 491. The SMILES string of the molecule is CCCNCC(Cc1ccc(C)nc1)c1ccccc1. The van der Waals surface area contributed by atoms with Gasteiger partial charge >= 0.3 is 0 Å². The van der Waals surface area contributed by atoms with E-state index in [-0.39, 0.29) is 0 Å². The summed E-state index contributed by atoms with van der Waals surface area (Å²) in [6.45, 7) is 6.33. The van der Waals surface area contributed by atoms with Crippen LogP contribution in [0.4, 0.5) is 0 Å². The Labute approximate surface area is 122 Å². The van der Waals surface area contributed by atoms with Gasteiger partial charge in [-0.15, -0.1) is 0 Å². The number of benzene rings is 1. The van der Waals surface area contributed by atoms with Crippen molar-refractivity contribution in [2.75, 3.05) is 13.1 Å². The summed E-state index contributed by atoms with van der Waals surface area (Å²) in [5.74, 6) is 0.507. The highest BCUT2D eigenvalue weighted by Crippen LogP contribution is 2.20. The Kier molecular flexibility index (Phi) is 5.75. The van der Waals surface area contributed by atoms with Crippen LogP contribution in [-0.4, -0.2) is 18.1 Å². The predicted molar refractivity (Wildman–Crippen MR) is 85.0 cm³/mol. The Morgan fingerprint density at radius 3 is 2.55 bits per heavy atom. The summed E-state index contributed by atoms with van der Waals surface area (Å²) in [6.07, 6.45) is 4.21. The third-order valence-corrected chi connectivity index (χ3v) is 3.54. The first-order valence-corrected chi connectivity index (χ1v) is 7.46. The maximum atomic E-state index is 4.40. The highest BCUT2D eigenvalue weighted by Gasteiger charge is 2.12. The van der Waals surface area contributed by atoms with Gasteiger partial charge < -0.3 is 5.32 Å². The average Bonchev–Trinajstić information content (AvgIpc) is 2.49. The molecule has 1 N–H and O–H groups in total. The molecule has 2 rings (SSSR count). The minimum Gasteiger partial charge on any atom is -0.316 e. The number of aromatic nitrogens is 1. The third-order valence-electron chi connectivity index (χ3n) is 3.54. The Morgan fingerprint density at radius 2 is 1.90 bits per heavy atom. The molecule has 0 amide bonds. The zero-order valence-corrected chi connectivity index (χ0v) is 12.5. The van der Waals surface area contributed by atoms with Gasteiger partial charge in [-0.1, -0.05) is 43.3 Å². The summed E-state index contributed by atoms with van der Waals surface area (Å²) in [6, 6.07) is 15.0. The highest BCUT2D eigenvalue weighted by atomic mass is 14.8. The monoisotopic (exact) mass is 268 g/mol. The van der Waals surface area contributed by atoms with E-state index in [1.54, 1.807) is 0 Å². The largest absolute Gasteiger partial charge is 0.316 e. The van der Waals surface area contributed by atoms with Crippen LogP contribution in [0.25, 0.3) is 0 Å². The number of nitrogens with zero attached hydrogens (tertiary/aromatic N) is 1. The number of rotatable bonds is 7. The molecule has 106 valence electrons. The molecule has 0 saturated heterocycles. The van der Waals surface area contributed by atoms with Crippen LogP contribution in [0.3, 0.4) is 0 Å². The van der Waals surface area contributed by atoms with Gasteiger partial charge in [0, 0.05) is 24.4 Å². The van der Waals surface area contributed by atoms with Gasteiger partial charge in [0.1, 0.15) is 0 Å². The quantitative estimate of drug-likeness (QED) is 0.774. The lowest BCUT2D eigenvalue weighted by Crippen LogP contribution is -2.23. The fourth-order valence-corrected chi connectivity index (χ4v) is 2.39. The van der Waals surface area contributed by atoms with Crippen LogP contribution in [0, 0.1) is 6.92 Å². The Balaban J connectivity index is 2.07. The van der Waals surface area contributed by atoms with Crippen molar-refractivity contribution in [3.8, 4) is 0 Å². The number of nitrogens with one attached hydrogen (secondary N) is 1. The zero-order valence-electron chi connectivity index (χ0n) is 12.5. The highest BCUT2D eigenvalue weighted by molar-refractivity contribution is 5.24. The average molecular weight is 268 g/mol. The van der Waals surface area contributed by atoms with Crippen LogP contribution in [0.5, 0.6) is 0 Å².